The van der Waals surface area contributed by atoms with Gasteiger partial charge in [-0.1, -0.05) is 6.07 Å². The summed E-state index contributed by atoms with van der Waals surface area (Å²) in [5, 5.41) is 18.8. The first-order valence-electron chi connectivity index (χ1n) is 6.83. The van der Waals surface area contributed by atoms with Crippen LogP contribution in [0.4, 0.5) is 0 Å². The lowest BCUT2D eigenvalue weighted by molar-refractivity contribution is 0.0655. The van der Waals surface area contributed by atoms with Crippen molar-refractivity contribution in [2.24, 2.45) is 12.0 Å². The van der Waals surface area contributed by atoms with Crippen molar-refractivity contribution in [1.82, 2.24) is 15.2 Å². The number of hydrogen-bond donors (Lipinski definition) is 3. The van der Waals surface area contributed by atoms with Gasteiger partial charge < -0.3 is 20.3 Å². The standard InChI is InChI=1S/C15H22N4OS/c1-15(20,13-5-4-8-21-13)11-18-14(16-2)17-9-12-6-7-19(3)10-12/h4-8,10,20H,9,11H2,1-3H3,(H2,16,17,18). The number of nitrogens with one attached hydrogen (secondary N) is 2. The Morgan fingerprint density at radius 3 is 2.81 bits per heavy atom. The fraction of sp³-hybridized carbons (Fsp3) is 0.400. The fourth-order valence-electron chi connectivity index (χ4n) is 2.00. The summed E-state index contributed by atoms with van der Waals surface area (Å²) in [6.07, 6.45) is 4.07. The summed E-state index contributed by atoms with van der Waals surface area (Å²) in [5.41, 5.74) is 0.281. The highest BCUT2D eigenvalue weighted by molar-refractivity contribution is 7.10. The molecule has 0 amide bonds. The minimum absolute atomic E-state index is 0.405. The summed E-state index contributed by atoms with van der Waals surface area (Å²) >= 11 is 1.55. The molecule has 6 heteroatoms. The Balaban J connectivity index is 1.85. The maximum absolute atomic E-state index is 10.5. The van der Waals surface area contributed by atoms with E-state index in [1.165, 1.54) is 5.56 Å². The van der Waals surface area contributed by atoms with Gasteiger partial charge in [-0.2, -0.15) is 0 Å². The van der Waals surface area contributed by atoms with Crippen LogP contribution in [0.5, 0.6) is 0 Å². The topological polar surface area (TPSA) is 61.6 Å². The molecule has 5 nitrogen and oxygen atoms in total. The van der Waals surface area contributed by atoms with Crippen LogP contribution >= 0.6 is 11.3 Å². The van der Waals surface area contributed by atoms with Crippen LogP contribution in [0.25, 0.3) is 0 Å². The van der Waals surface area contributed by atoms with Crippen LogP contribution in [0.3, 0.4) is 0 Å². The van der Waals surface area contributed by atoms with Gasteiger partial charge in [0, 0.05) is 37.9 Å². The van der Waals surface area contributed by atoms with Crippen LogP contribution in [-0.2, 0) is 19.2 Å². The predicted molar refractivity (Wildman–Crippen MR) is 87.5 cm³/mol. The van der Waals surface area contributed by atoms with E-state index in [9.17, 15) is 5.11 Å². The van der Waals surface area contributed by atoms with Gasteiger partial charge in [0.15, 0.2) is 5.96 Å². The molecular formula is C15H22N4OS. The molecule has 0 aliphatic carbocycles. The SMILES string of the molecule is CN=C(NCc1ccn(C)c1)NCC(C)(O)c1cccs1. The number of rotatable bonds is 5. The van der Waals surface area contributed by atoms with Crippen LogP contribution in [0.1, 0.15) is 17.4 Å². The van der Waals surface area contributed by atoms with E-state index >= 15 is 0 Å². The van der Waals surface area contributed by atoms with Gasteiger partial charge in [0.25, 0.3) is 0 Å². The zero-order valence-electron chi connectivity index (χ0n) is 12.6. The van der Waals surface area contributed by atoms with Gasteiger partial charge in [-0.3, -0.25) is 4.99 Å². The van der Waals surface area contributed by atoms with Crippen molar-refractivity contribution in [2.45, 2.75) is 19.1 Å². The molecule has 1 atom stereocenters. The number of aliphatic imine (C=N–C) groups is 1. The molecule has 2 aromatic rings. The number of aromatic nitrogens is 1. The number of thiophene rings is 1. The lowest BCUT2D eigenvalue weighted by atomic mass is 10.1. The minimum Gasteiger partial charge on any atom is -0.383 e. The van der Waals surface area contributed by atoms with E-state index in [0.717, 1.165) is 4.88 Å². The van der Waals surface area contributed by atoms with Crippen molar-refractivity contribution < 1.29 is 5.11 Å². The number of nitrogens with zero attached hydrogens (tertiary/aromatic N) is 2. The molecule has 0 aromatic carbocycles. The lowest BCUT2D eigenvalue weighted by Gasteiger charge is -2.23. The van der Waals surface area contributed by atoms with Gasteiger partial charge >= 0.3 is 0 Å². The number of aryl methyl sites for hydroxylation is 1. The normalized spacial score (nSPS) is 14.8. The van der Waals surface area contributed by atoms with Crippen molar-refractivity contribution in [3.8, 4) is 0 Å². The number of aliphatic hydroxyl groups is 1. The van der Waals surface area contributed by atoms with Crippen molar-refractivity contribution in [3.05, 3.63) is 46.4 Å². The first-order chi connectivity index (χ1) is 10.0. The molecule has 114 valence electrons. The molecule has 0 spiro atoms. The predicted octanol–water partition coefficient (Wildman–Crippen LogP) is 1.66. The number of guanidine groups is 1. The van der Waals surface area contributed by atoms with E-state index in [0.29, 0.717) is 19.0 Å². The molecule has 0 fully saturated rings. The molecule has 0 saturated carbocycles. The van der Waals surface area contributed by atoms with Crippen LogP contribution < -0.4 is 10.6 Å². The van der Waals surface area contributed by atoms with Gasteiger partial charge in [-0.25, -0.2) is 0 Å². The Morgan fingerprint density at radius 1 is 1.43 bits per heavy atom. The van der Waals surface area contributed by atoms with E-state index in [1.807, 2.05) is 35.3 Å². The fourth-order valence-corrected chi connectivity index (χ4v) is 2.79. The minimum atomic E-state index is -0.904. The summed E-state index contributed by atoms with van der Waals surface area (Å²) < 4.78 is 2.01. The Morgan fingerprint density at radius 2 is 2.24 bits per heavy atom. The molecule has 2 heterocycles. The van der Waals surface area contributed by atoms with Crippen LogP contribution in [0.15, 0.2) is 41.0 Å². The van der Waals surface area contributed by atoms with Crippen LogP contribution in [0, 0.1) is 0 Å². The molecule has 0 radical (unpaired) electrons. The molecule has 3 N–H and O–H groups in total. The summed E-state index contributed by atoms with van der Waals surface area (Å²) in [7, 11) is 3.72. The second-order valence-corrected chi connectivity index (χ2v) is 6.16. The van der Waals surface area contributed by atoms with Crippen LogP contribution in [-0.4, -0.2) is 29.2 Å². The zero-order chi connectivity index (χ0) is 15.3. The number of hydrogen-bond acceptors (Lipinski definition) is 3. The van der Waals surface area contributed by atoms with Gasteiger partial charge in [-0.05, 0) is 30.0 Å². The summed E-state index contributed by atoms with van der Waals surface area (Å²) in [5.74, 6) is 0.677. The summed E-state index contributed by atoms with van der Waals surface area (Å²) in [6.45, 7) is 2.90. The first-order valence-corrected chi connectivity index (χ1v) is 7.71. The van der Waals surface area contributed by atoms with E-state index in [1.54, 1.807) is 25.3 Å². The third-order valence-electron chi connectivity index (χ3n) is 3.23. The maximum Gasteiger partial charge on any atom is 0.191 e. The largest absolute Gasteiger partial charge is 0.383 e. The Labute approximate surface area is 129 Å². The second kappa shape index (κ2) is 6.78. The average Bonchev–Trinajstić information content (AvgIpc) is 3.10. The molecular weight excluding hydrogens is 284 g/mol. The summed E-state index contributed by atoms with van der Waals surface area (Å²) in [6, 6.07) is 5.94. The molecule has 2 aromatic heterocycles. The molecule has 0 bridgehead atoms. The Hall–Kier alpha value is -1.79. The van der Waals surface area contributed by atoms with Crippen molar-refractivity contribution in [1.29, 1.82) is 0 Å². The Bertz CT molecular complexity index is 587. The van der Waals surface area contributed by atoms with E-state index in [4.69, 9.17) is 0 Å². The summed E-state index contributed by atoms with van der Waals surface area (Å²) in [4.78, 5) is 5.11. The van der Waals surface area contributed by atoms with Gasteiger partial charge in [0.2, 0.25) is 0 Å². The monoisotopic (exact) mass is 306 g/mol. The zero-order valence-corrected chi connectivity index (χ0v) is 13.4. The third kappa shape index (κ3) is 4.34. The third-order valence-corrected chi connectivity index (χ3v) is 4.35. The Kier molecular flexibility index (Phi) is 5.03. The smallest absolute Gasteiger partial charge is 0.191 e. The van der Waals surface area contributed by atoms with Crippen molar-refractivity contribution >= 4 is 17.3 Å². The highest BCUT2D eigenvalue weighted by Gasteiger charge is 2.24. The average molecular weight is 306 g/mol. The highest BCUT2D eigenvalue weighted by Crippen LogP contribution is 2.24. The second-order valence-electron chi connectivity index (χ2n) is 5.22. The van der Waals surface area contributed by atoms with Crippen LogP contribution in [0.2, 0.25) is 0 Å². The molecule has 2 rings (SSSR count). The molecule has 0 saturated heterocycles. The highest BCUT2D eigenvalue weighted by atomic mass is 32.1. The van der Waals surface area contributed by atoms with E-state index in [-0.39, 0.29) is 0 Å². The van der Waals surface area contributed by atoms with E-state index < -0.39 is 5.60 Å². The van der Waals surface area contributed by atoms with Crippen molar-refractivity contribution in [3.63, 3.8) is 0 Å². The molecule has 21 heavy (non-hydrogen) atoms. The quantitative estimate of drug-likeness (QED) is 0.581. The maximum atomic E-state index is 10.5. The lowest BCUT2D eigenvalue weighted by Crippen LogP contribution is -2.44. The molecule has 0 aliphatic rings. The van der Waals surface area contributed by atoms with Gasteiger partial charge in [0.1, 0.15) is 5.60 Å². The molecule has 1 unspecified atom stereocenters. The molecule has 0 aliphatic heterocycles. The first kappa shape index (κ1) is 15.6. The van der Waals surface area contributed by atoms with E-state index in [2.05, 4.69) is 27.9 Å². The van der Waals surface area contributed by atoms with Gasteiger partial charge in [-0.15, -0.1) is 11.3 Å². The van der Waals surface area contributed by atoms with Crippen molar-refractivity contribution in [2.75, 3.05) is 13.6 Å². The van der Waals surface area contributed by atoms with Gasteiger partial charge in [0.05, 0.1) is 6.54 Å².